The molecule has 0 aromatic heterocycles. The van der Waals surface area contributed by atoms with Crippen LogP contribution in [0.25, 0.3) is 0 Å². The number of hydrogen-bond donors (Lipinski definition) is 2. The van der Waals surface area contributed by atoms with Gasteiger partial charge in [-0.3, -0.25) is 9.59 Å². The van der Waals surface area contributed by atoms with E-state index in [1.54, 1.807) is 12.2 Å². The molecule has 1 unspecified atom stereocenters. The van der Waals surface area contributed by atoms with Gasteiger partial charge >= 0.3 is 12.1 Å². The van der Waals surface area contributed by atoms with E-state index in [1.165, 1.54) is 0 Å². The fourth-order valence-electron chi connectivity index (χ4n) is 2.41. The standard InChI is InChI=1S/C17H18F7NO3/c1-8(16(27)28)6-4-2-3-5-7-9(26)25-15-13(20)11(18)10(17(22,23)24)12(19)14(15)21/h8H,2-7H2,1H3,(H,25,26)(H,27,28). The minimum atomic E-state index is -5.66. The van der Waals surface area contributed by atoms with E-state index in [9.17, 15) is 40.3 Å². The number of halogens is 7. The Morgan fingerprint density at radius 2 is 1.43 bits per heavy atom. The molecular formula is C17H18F7NO3. The summed E-state index contributed by atoms with van der Waals surface area (Å²) < 4.78 is 91.8. The van der Waals surface area contributed by atoms with Crippen LogP contribution in [0.2, 0.25) is 0 Å². The van der Waals surface area contributed by atoms with Gasteiger partial charge in [-0.1, -0.05) is 26.2 Å². The van der Waals surface area contributed by atoms with Crippen molar-refractivity contribution >= 4 is 17.6 Å². The Bertz CT molecular complexity index is 705. The number of carboxylic acid groups (broad SMARTS) is 1. The van der Waals surface area contributed by atoms with E-state index in [2.05, 4.69) is 0 Å². The van der Waals surface area contributed by atoms with E-state index in [4.69, 9.17) is 5.11 Å². The fourth-order valence-corrected chi connectivity index (χ4v) is 2.41. The van der Waals surface area contributed by atoms with Crippen molar-refractivity contribution in [1.29, 1.82) is 0 Å². The molecule has 1 atom stereocenters. The molecular weight excluding hydrogens is 399 g/mol. The minimum absolute atomic E-state index is 0.224. The smallest absolute Gasteiger partial charge is 0.422 e. The van der Waals surface area contributed by atoms with Gasteiger partial charge in [0.2, 0.25) is 5.91 Å². The molecule has 1 amide bonds. The number of carboxylic acids is 1. The van der Waals surface area contributed by atoms with Crippen molar-refractivity contribution in [3.8, 4) is 0 Å². The highest BCUT2D eigenvalue weighted by atomic mass is 19.4. The number of benzene rings is 1. The van der Waals surface area contributed by atoms with E-state index >= 15 is 0 Å². The average Bonchev–Trinajstić information content (AvgIpc) is 2.58. The van der Waals surface area contributed by atoms with Crippen LogP contribution in [0.1, 0.15) is 51.0 Å². The van der Waals surface area contributed by atoms with Crippen LogP contribution in [0, 0.1) is 29.2 Å². The number of carbonyl (C=O) groups excluding carboxylic acids is 1. The number of nitrogens with one attached hydrogen (secondary N) is 1. The highest BCUT2D eigenvalue weighted by Crippen LogP contribution is 2.38. The predicted molar refractivity (Wildman–Crippen MR) is 84.4 cm³/mol. The average molecular weight is 417 g/mol. The summed E-state index contributed by atoms with van der Waals surface area (Å²) >= 11 is 0. The molecule has 158 valence electrons. The number of amides is 1. The minimum Gasteiger partial charge on any atom is -0.481 e. The van der Waals surface area contributed by atoms with Gasteiger partial charge in [0.25, 0.3) is 0 Å². The van der Waals surface area contributed by atoms with Crippen LogP contribution in [-0.4, -0.2) is 17.0 Å². The second-order valence-corrected chi connectivity index (χ2v) is 6.24. The van der Waals surface area contributed by atoms with Crippen LogP contribution >= 0.6 is 0 Å². The van der Waals surface area contributed by atoms with Crippen LogP contribution < -0.4 is 5.32 Å². The van der Waals surface area contributed by atoms with Gasteiger partial charge in [-0.15, -0.1) is 0 Å². The first kappa shape index (κ1) is 23.7. The molecule has 0 saturated heterocycles. The third-order valence-electron chi connectivity index (χ3n) is 4.02. The van der Waals surface area contributed by atoms with E-state index in [0.717, 1.165) is 0 Å². The fraction of sp³-hybridized carbons (Fsp3) is 0.529. The molecule has 0 aliphatic rings. The number of unbranched alkanes of at least 4 members (excludes halogenated alkanes) is 3. The molecule has 1 rings (SSSR count). The van der Waals surface area contributed by atoms with Crippen molar-refractivity contribution in [3.63, 3.8) is 0 Å². The number of rotatable bonds is 9. The number of hydrogen-bond acceptors (Lipinski definition) is 2. The van der Waals surface area contributed by atoms with E-state index < -0.39 is 58.5 Å². The van der Waals surface area contributed by atoms with Crippen molar-refractivity contribution in [2.24, 2.45) is 5.92 Å². The van der Waals surface area contributed by atoms with E-state index in [0.29, 0.717) is 25.7 Å². The van der Waals surface area contributed by atoms with Gasteiger partial charge in [-0.25, -0.2) is 17.6 Å². The second kappa shape index (κ2) is 9.74. The molecule has 1 aromatic rings. The van der Waals surface area contributed by atoms with Crippen molar-refractivity contribution in [1.82, 2.24) is 0 Å². The maximum atomic E-state index is 13.7. The van der Waals surface area contributed by atoms with Crippen LogP contribution in [0.5, 0.6) is 0 Å². The summed E-state index contributed by atoms with van der Waals surface area (Å²) in [4.78, 5) is 22.3. The van der Waals surface area contributed by atoms with Crippen molar-refractivity contribution in [2.45, 2.75) is 51.6 Å². The summed E-state index contributed by atoms with van der Waals surface area (Å²) in [6.07, 6.45) is -3.66. The highest BCUT2D eigenvalue weighted by Gasteiger charge is 2.42. The molecule has 11 heteroatoms. The predicted octanol–water partition coefficient (Wildman–Crippen LogP) is 5.26. The van der Waals surface area contributed by atoms with Crippen LogP contribution in [0.3, 0.4) is 0 Å². The lowest BCUT2D eigenvalue weighted by atomic mass is 10.0. The maximum absolute atomic E-state index is 13.7. The second-order valence-electron chi connectivity index (χ2n) is 6.24. The van der Waals surface area contributed by atoms with E-state index in [1.807, 2.05) is 0 Å². The van der Waals surface area contributed by atoms with Crippen molar-refractivity contribution < 1.29 is 45.4 Å². The first-order valence-electron chi connectivity index (χ1n) is 8.33. The Balaban J connectivity index is 2.65. The van der Waals surface area contributed by atoms with E-state index in [-0.39, 0.29) is 12.8 Å². The molecule has 0 fully saturated rings. The van der Waals surface area contributed by atoms with Crippen LogP contribution in [-0.2, 0) is 15.8 Å². The molecule has 4 nitrogen and oxygen atoms in total. The quantitative estimate of drug-likeness (QED) is 0.327. The maximum Gasteiger partial charge on any atom is 0.422 e. The SMILES string of the molecule is CC(CCCCCCC(=O)Nc1c(F)c(F)c(C(F)(F)F)c(F)c1F)C(=O)O. The lowest BCUT2D eigenvalue weighted by Crippen LogP contribution is -2.20. The zero-order valence-electron chi connectivity index (χ0n) is 14.7. The molecule has 0 aliphatic carbocycles. The van der Waals surface area contributed by atoms with Gasteiger partial charge < -0.3 is 10.4 Å². The summed E-state index contributed by atoms with van der Waals surface area (Å²) in [5.41, 5.74) is -4.33. The first-order valence-corrected chi connectivity index (χ1v) is 8.33. The third kappa shape index (κ3) is 6.10. The third-order valence-corrected chi connectivity index (χ3v) is 4.02. The van der Waals surface area contributed by atoms with Gasteiger partial charge in [-0.05, 0) is 12.8 Å². The van der Waals surface area contributed by atoms with Gasteiger partial charge in [0, 0.05) is 6.42 Å². The first-order chi connectivity index (χ1) is 12.9. The number of anilines is 1. The summed E-state index contributed by atoms with van der Waals surface area (Å²) in [5.74, 6) is -12.5. The number of alkyl halides is 3. The lowest BCUT2D eigenvalue weighted by Gasteiger charge is -2.14. The van der Waals surface area contributed by atoms with Crippen LogP contribution in [0.4, 0.5) is 36.4 Å². The summed E-state index contributed by atoms with van der Waals surface area (Å²) in [7, 11) is 0. The molecule has 1 aromatic carbocycles. The van der Waals surface area contributed by atoms with Crippen molar-refractivity contribution in [3.05, 3.63) is 28.8 Å². The van der Waals surface area contributed by atoms with Gasteiger partial charge in [-0.2, -0.15) is 13.2 Å². The zero-order valence-corrected chi connectivity index (χ0v) is 14.7. The van der Waals surface area contributed by atoms with Crippen molar-refractivity contribution in [2.75, 3.05) is 5.32 Å². The monoisotopic (exact) mass is 417 g/mol. The molecule has 28 heavy (non-hydrogen) atoms. The number of carbonyl (C=O) groups is 2. The molecule has 0 heterocycles. The Morgan fingerprint density at radius 1 is 0.929 bits per heavy atom. The Hall–Kier alpha value is -2.33. The lowest BCUT2D eigenvalue weighted by molar-refractivity contribution is -0.143. The summed E-state index contributed by atoms with van der Waals surface area (Å²) in [5, 5.41) is 10.3. The zero-order chi connectivity index (χ0) is 21.6. The summed E-state index contributed by atoms with van der Waals surface area (Å²) in [6, 6.07) is 0. The Labute approximate surface area is 155 Å². The molecule has 0 aliphatic heterocycles. The highest BCUT2D eigenvalue weighted by molar-refractivity contribution is 5.91. The Kier molecular flexibility index (Phi) is 8.25. The van der Waals surface area contributed by atoms with Gasteiger partial charge in [0.05, 0.1) is 5.92 Å². The normalized spacial score (nSPS) is 12.7. The topological polar surface area (TPSA) is 66.4 Å². The molecule has 0 bridgehead atoms. The largest absolute Gasteiger partial charge is 0.481 e. The molecule has 0 saturated carbocycles. The summed E-state index contributed by atoms with van der Waals surface area (Å²) in [6.45, 7) is 1.54. The van der Waals surface area contributed by atoms with Crippen LogP contribution in [0.15, 0.2) is 0 Å². The van der Waals surface area contributed by atoms with Gasteiger partial charge in [0.15, 0.2) is 23.3 Å². The molecule has 0 spiro atoms. The molecule has 2 N–H and O–H groups in total. The Morgan fingerprint density at radius 3 is 1.89 bits per heavy atom. The number of aliphatic carboxylic acids is 1. The molecule has 0 radical (unpaired) electrons. The van der Waals surface area contributed by atoms with Gasteiger partial charge in [0.1, 0.15) is 11.3 Å².